The lowest BCUT2D eigenvalue weighted by atomic mass is 9.77. The Bertz CT molecular complexity index is 1270. The molecule has 4 atom stereocenters. The number of amides is 1. The van der Waals surface area contributed by atoms with Crippen molar-refractivity contribution >= 4 is 49.2 Å². The predicted octanol–water partition coefficient (Wildman–Crippen LogP) is 0.655. The third kappa shape index (κ3) is 2.67. The summed E-state index contributed by atoms with van der Waals surface area (Å²) in [5.41, 5.74) is 0.184. The number of aliphatic hydroxyl groups is 1. The minimum absolute atomic E-state index is 0.0720. The van der Waals surface area contributed by atoms with E-state index in [2.05, 4.69) is 4.98 Å². The first-order valence-electron chi connectivity index (χ1n) is 9.08. The summed E-state index contributed by atoms with van der Waals surface area (Å²) in [4.78, 5) is 42.3. The molecular formula is C18H19N3O7S2. The van der Waals surface area contributed by atoms with Gasteiger partial charge in [0.2, 0.25) is 5.91 Å². The molecular weight excluding hydrogens is 434 g/mol. The van der Waals surface area contributed by atoms with Crippen LogP contribution in [-0.4, -0.2) is 69.0 Å². The van der Waals surface area contributed by atoms with E-state index in [-0.39, 0.29) is 21.4 Å². The lowest BCUT2D eigenvalue weighted by molar-refractivity contribution is -0.163. The maximum Gasteiger partial charge on any atom is 0.352 e. The minimum Gasteiger partial charge on any atom is -0.477 e. The number of sulfone groups is 1. The van der Waals surface area contributed by atoms with Gasteiger partial charge in [0, 0.05) is 30.9 Å². The summed E-state index contributed by atoms with van der Waals surface area (Å²) in [6.07, 6.45) is 1.54. The molecule has 0 spiro atoms. The van der Waals surface area contributed by atoms with Crippen molar-refractivity contribution < 1.29 is 33.0 Å². The quantitative estimate of drug-likeness (QED) is 0.496. The number of imidazole rings is 1. The lowest BCUT2D eigenvalue weighted by Crippen LogP contribution is -2.63. The fourth-order valence-electron chi connectivity index (χ4n) is 4.37. The highest BCUT2D eigenvalue weighted by Gasteiger charge is 2.60. The number of rotatable bonds is 5. The molecule has 4 heterocycles. The van der Waals surface area contributed by atoms with Gasteiger partial charge in [-0.25, -0.2) is 18.2 Å². The van der Waals surface area contributed by atoms with Crippen LogP contribution < -0.4 is 0 Å². The number of carbonyl (C=O) groups excluding carboxylic acids is 2. The first-order chi connectivity index (χ1) is 13.9. The summed E-state index contributed by atoms with van der Waals surface area (Å²) < 4.78 is 25.7. The van der Waals surface area contributed by atoms with Gasteiger partial charge in [-0.2, -0.15) is 0 Å². The van der Waals surface area contributed by atoms with Crippen LogP contribution in [0.5, 0.6) is 0 Å². The van der Waals surface area contributed by atoms with E-state index in [0.717, 1.165) is 17.6 Å². The monoisotopic (exact) mass is 453 g/mol. The number of hydrogen-bond donors (Lipinski definition) is 2. The maximum absolute atomic E-state index is 12.5. The first-order valence-corrected chi connectivity index (χ1v) is 11.8. The van der Waals surface area contributed by atoms with Gasteiger partial charge < -0.3 is 15.1 Å². The van der Waals surface area contributed by atoms with Crippen LogP contribution in [0.25, 0.3) is 10.4 Å². The van der Waals surface area contributed by atoms with Crippen molar-refractivity contribution in [3.05, 3.63) is 22.6 Å². The molecule has 2 aromatic heterocycles. The second kappa shape index (κ2) is 6.46. The Hall–Kier alpha value is -2.57. The molecule has 160 valence electrons. The van der Waals surface area contributed by atoms with Crippen LogP contribution in [0.1, 0.15) is 36.3 Å². The summed E-state index contributed by atoms with van der Waals surface area (Å²) in [5, 5.41) is 19.5. The topological polar surface area (TPSA) is 146 Å². The second-order valence-electron chi connectivity index (χ2n) is 7.66. The van der Waals surface area contributed by atoms with E-state index < -0.39 is 51.5 Å². The number of aromatic nitrogens is 2. The zero-order chi connectivity index (χ0) is 22.3. The third-order valence-electron chi connectivity index (χ3n) is 5.60. The fourth-order valence-corrected chi connectivity index (χ4v) is 6.74. The van der Waals surface area contributed by atoms with Gasteiger partial charge in [0.1, 0.15) is 10.5 Å². The van der Waals surface area contributed by atoms with Gasteiger partial charge in [-0.1, -0.05) is 6.92 Å². The van der Waals surface area contributed by atoms with Gasteiger partial charge in [0.25, 0.3) is 0 Å². The number of aliphatic carboxylic acids is 1. The molecule has 0 radical (unpaired) electrons. The number of aliphatic hydroxyl groups excluding tert-OH is 1. The molecule has 2 N–H and O–H groups in total. The number of thiazole rings is 1. The summed E-state index contributed by atoms with van der Waals surface area (Å²) in [7, 11) is -3.74. The maximum atomic E-state index is 12.5. The van der Waals surface area contributed by atoms with E-state index in [0.29, 0.717) is 10.5 Å². The molecule has 0 bridgehead atoms. The van der Waals surface area contributed by atoms with Gasteiger partial charge >= 0.3 is 5.97 Å². The largest absolute Gasteiger partial charge is 0.477 e. The number of β-lactam (4-membered cyclic amide) rings is 1. The molecule has 1 amide bonds. The number of carboxylic acid groups (broad SMARTS) is 1. The first kappa shape index (κ1) is 20.7. The molecule has 2 aliphatic heterocycles. The molecule has 0 aromatic carbocycles. The fraction of sp³-hybridized carbons (Fsp3) is 0.444. The smallest absolute Gasteiger partial charge is 0.352 e. The van der Waals surface area contributed by atoms with Crippen LogP contribution in [0, 0.1) is 11.8 Å². The lowest BCUT2D eigenvalue weighted by Gasteiger charge is -2.46. The molecule has 1 saturated heterocycles. The Kier molecular flexibility index (Phi) is 4.46. The van der Waals surface area contributed by atoms with Gasteiger partial charge in [-0.15, -0.1) is 11.3 Å². The number of ketones is 1. The number of carbonyl (C=O) groups is 3. The Morgan fingerprint density at radius 2 is 1.97 bits per heavy atom. The number of nitrogens with zero attached hydrogens (tertiary/aromatic N) is 3. The van der Waals surface area contributed by atoms with Crippen molar-refractivity contribution in [2.75, 3.05) is 6.26 Å². The number of fused-ring (bicyclic) bond motifs is 2. The molecule has 10 nitrogen and oxygen atoms in total. The van der Waals surface area contributed by atoms with Crippen molar-refractivity contribution in [1.82, 2.24) is 14.3 Å². The molecule has 4 rings (SSSR count). The highest BCUT2D eigenvalue weighted by atomic mass is 32.2. The Morgan fingerprint density at radius 1 is 1.33 bits per heavy atom. The van der Waals surface area contributed by atoms with Crippen LogP contribution in [0.4, 0.5) is 0 Å². The normalized spacial score (nSPS) is 24.9. The van der Waals surface area contributed by atoms with Crippen LogP contribution in [0.3, 0.4) is 0 Å². The van der Waals surface area contributed by atoms with Gasteiger partial charge in [0.15, 0.2) is 26.5 Å². The van der Waals surface area contributed by atoms with Gasteiger partial charge in [-0.3, -0.25) is 14.0 Å². The summed E-state index contributed by atoms with van der Waals surface area (Å²) in [6.45, 7) is 4.51. The van der Waals surface area contributed by atoms with Crippen molar-refractivity contribution in [3.63, 3.8) is 0 Å². The number of hydrogen-bond acceptors (Lipinski definition) is 8. The van der Waals surface area contributed by atoms with Crippen LogP contribution >= 0.6 is 11.3 Å². The van der Waals surface area contributed by atoms with E-state index in [1.807, 2.05) is 0 Å². The van der Waals surface area contributed by atoms with E-state index in [9.17, 15) is 33.0 Å². The predicted molar refractivity (Wildman–Crippen MR) is 106 cm³/mol. The van der Waals surface area contributed by atoms with E-state index in [1.54, 1.807) is 6.92 Å². The minimum atomic E-state index is -3.74. The van der Waals surface area contributed by atoms with Crippen molar-refractivity contribution in [2.45, 2.75) is 37.9 Å². The van der Waals surface area contributed by atoms with Crippen molar-refractivity contribution in [1.29, 1.82) is 0 Å². The summed E-state index contributed by atoms with van der Waals surface area (Å²) >= 11 is 1.00. The van der Waals surface area contributed by atoms with E-state index in [1.165, 1.54) is 29.3 Å². The summed E-state index contributed by atoms with van der Waals surface area (Å²) in [6, 6.07) is -0.500. The van der Waals surface area contributed by atoms with Crippen LogP contribution in [0.15, 0.2) is 16.9 Å². The third-order valence-corrected chi connectivity index (χ3v) is 7.84. The zero-order valence-electron chi connectivity index (χ0n) is 16.5. The highest BCUT2D eigenvalue weighted by molar-refractivity contribution is 7.91. The van der Waals surface area contributed by atoms with Crippen LogP contribution in [-0.2, 0) is 19.4 Å². The molecule has 0 aliphatic carbocycles. The van der Waals surface area contributed by atoms with E-state index >= 15 is 0 Å². The second-order valence-corrected chi connectivity index (χ2v) is 10.6. The standard InChI is InChI=1S/C18H19N3O7S2/c1-6-10(13(18(25)26)21-12(6)11(7(2)22)16(21)24)9-5-20-14(8(3)23)19-15(17(20)29-9)30(4,27)28/h5-7,11-12,22H,1-4H3,(H,25,26)/t6-,7+,11?,12+/m0/s1. The van der Waals surface area contributed by atoms with Crippen LogP contribution in [0.2, 0.25) is 0 Å². The highest BCUT2D eigenvalue weighted by Crippen LogP contribution is 2.51. The Balaban J connectivity index is 1.95. The molecule has 30 heavy (non-hydrogen) atoms. The average molecular weight is 453 g/mol. The molecule has 2 aromatic rings. The summed E-state index contributed by atoms with van der Waals surface area (Å²) in [5.74, 6) is -3.38. The molecule has 1 fully saturated rings. The number of Topliss-reactive ketones (excluding diaryl/α,β-unsaturated/α-hetero) is 1. The zero-order valence-corrected chi connectivity index (χ0v) is 18.1. The van der Waals surface area contributed by atoms with Crippen molar-refractivity contribution in [2.24, 2.45) is 11.8 Å². The van der Waals surface area contributed by atoms with Crippen molar-refractivity contribution in [3.8, 4) is 0 Å². The van der Waals surface area contributed by atoms with Gasteiger partial charge in [0.05, 0.1) is 22.9 Å². The van der Waals surface area contributed by atoms with Gasteiger partial charge in [-0.05, 0) is 6.92 Å². The molecule has 0 saturated carbocycles. The Morgan fingerprint density at radius 3 is 2.47 bits per heavy atom. The average Bonchev–Trinajstić information content (AvgIpc) is 3.21. The SMILES string of the molecule is CC(=O)c1nc(S(C)(=O)=O)c2sc(C3=C(C(=O)O)N4C(=O)C([C@@H](C)O)[C@H]4[C@H]3C)cn12. The number of carboxylic acids is 1. The molecule has 12 heteroatoms. The van der Waals surface area contributed by atoms with E-state index in [4.69, 9.17) is 0 Å². The Labute approximate surface area is 175 Å². The molecule has 2 aliphatic rings. The molecule has 1 unspecified atom stereocenters.